The molecule has 0 fully saturated rings. The quantitative estimate of drug-likeness (QED) is 0.375. The summed E-state index contributed by atoms with van der Waals surface area (Å²) in [5.41, 5.74) is 1.88. The van der Waals surface area contributed by atoms with Gasteiger partial charge in [-0.25, -0.2) is 9.59 Å². The number of ether oxygens (including phenoxy) is 2. The highest BCUT2D eigenvalue weighted by Crippen LogP contribution is 2.20. The molecular weight excluding hydrogens is 346 g/mol. The molecule has 6 nitrogen and oxygen atoms in total. The molecule has 1 aromatic heterocycles. The van der Waals surface area contributed by atoms with Crippen molar-refractivity contribution in [2.45, 2.75) is 18.9 Å². The first-order chi connectivity index (χ1) is 13.1. The molecule has 0 saturated carbocycles. The van der Waals surface area contributed by atoms with Crippen molar-refractivity contribution < 1.29 is 24.2 Å². The zero-order chi connectivity index (χ0) is 19.1. The minimum Gasteiger partial charge on any atom is -0.478 e. The maximum absolute atomic E-state index is 12.1. The Balaban J connectivity index is 1.57. The van der Waals surface area contributed by atoms with Gasteiger partial charge in [-0.3, -0.25) is 4.98 Å². The van der Waals surface area contributed by atoms with E-state index in [2.05, 4.69) is 4.98 Å². The monoisotopic (exact) mass is 365 g/mol. The minimum absolute atomic E-state index is 0.127. The first-order valence-corrected chi connectivity index (χ1v) is 8.58. The highest BCUT2D eigenvalue weighted by Gasteiger charge is 2.30. The average molecular weight is 365 g/mol. The molecule has 3 rings (SSSR count). The third-order valence-electron chi connectivity index (χ3n) is 3.96. The fourth-order valence-electron chi connectivity index (χ4n) is 2.63. The van der Waals surface area contributed by atoms with Crippen molar-refractivity contribution in [3.63, 3.8) is 0 Å². The van der Waals surface area contributed by atoms with Gasteiger partial charge in [-0.05, 0) is 42.7 Å². The molecule has 0 amide bonds. The zero-order valence-electron chi connectivity index (χ0n) is 14.6. The molecule has 0 aliphatic carbocycles. The van der Waals surface area contributed by atoms with Gasteiger partial charge in [-0.1, -0.05) is 36.4 Å². The minimum atomic E-state index is -1.71. The van der Waals surface area contributed by atoms with Crippen molar-refractivity contribution in [1.29, 1.82) is 0 Å². The molecule has 27 heavy (non-hydrogen) atoms. The van der Waals surface area contributed by atoms with Crippen LogP contribution >= 0.6 is 0 Å². The number of fused-ring (bicyclic) bond motifs is 1. The number of carbonyl (C=O) groups excluding carboxylic acids is 1. The van der Waals surface area contributed by atoms with Gasteiger partial charge >= 0.3 is 11.9 Å². The number of carboxylic acids is 1. The fourth-order valence-corrected chi connectivity index (χ4v) is 2.63. The predicted octanol–water partition coefficient (Wildman–Crippen LogP) is 3.24. The number of carbonyl (C=O) groups is 2. The van der Waals surface area contributed by atoms with Gasteiger partial charge in [0.15, 0.2) is 0 Å². The lowest BCUT2D eigenvalue weighted by molar-refractivity contribution is -0.163. The number of pyridine rings is 1. The molecule has 0 radical (unpaired) electrons. The number of hydrogen-bond acceptors (Lipinski definition) is 5. The van der Waals surface area contributed by atoms with E-state index in [0.717, 1.165) is 22.9 Å². The van der Waals surface area contributed by atoms with Gasteiger partial charge in [0.2, 0.25) is 0 Å². The van der Waals surface area contributed by atoms with Crippen LogP contribution in [0.5, 0.6) is 5.75 Å². The summed E-state index contributed by atoms with van der Waals surface area (Å²) in [5.74, 6) is -2.04. The average Bonchev–Trinajstić information content (AvgIpc) is 2.69. The van der Waals surface area contributed by atoms with E-state index in [1.165, 1.54) is 0 Å². The molecule has 0 bridgehead atoms. The van der Waals surface area contributed by atoms with Crippen LogP contribution in [0.15, 0.2) is 66.9 Å². The molecule has 0 aliphatic heterocycles. The Kier molecular flexibility index (Phi) is 5.99. The summed E-state index contributed by atoms with van der Waals surface area (Å²) in [6, 6.07) is 18.3. The van der Waals surface area contributed by atoms with Gasteiger partial charge in [0.1, 0.15) is 5.75 Å². The fraction of sp³-hybridized carbons (Fsp3) is 0.190. The second-order valence-corrected chi connectivity index (χ2v) is 5.95. The summed E-state index contributed by atoms with van der Waals surface area (Å²) >= 11 is 0. The third kappa shape index (κ3) is 5.04. The van der Waals surface area contributed by atoms with Crippen molar-refractivity contribution in [3.8, 4) is 5.75 Å². The largest absolute Gasteiger partial charge is 0.478 e. The molecule has 1 atom stereocenters. The van der Waals surface area contributed by atoms with Crippen molar-refractivity contribution >= 4 is 22.8 Å². The number of nitrogens with zero attached hydrogens (tertiary/aromatic N) is 1. The first kappa shape index (κ1) is 18.4. The molecule has 1 unspecified atom stereocenters. The van der Waals surface area contributed by atoms with Crippen LogP contribution in [0.1, 0.15) is 12.0 Å². The van der Waals surface area contributed by atoms with Crippen molar-refractivity contribution in [2.75, 3.05) is 6.61 Å². The predicted molar refractivity (Wildman–Crippen MR) is 99.5 cm³/mol. The normalized spacial score (nSPS) is 11.7. The van der Waals surface area contributed by atoms with E-state index in [0.29, 0.717) is 6.42 Å². The van der Waals surface area contributed by atoms with Gasteiger partial charge in [0.05, 0.1) is 12.1 Å². The van der Waals surface area contributed by atoms with Crippen molar-refractivity contribution in [2.24, 2.45) is 0 Å². The van der Waals surface area contributed by atoms with Crippen LogP contribution in [0.2, 0.25) is 0 Å². The number of esters is 1. The summed E-state index contributed by atoms with van der Waals surface area (Å²) in [7, 11) is 0. The number of aromatic nitrogens is 1. The van der Waals surface area contributed by atoms with Crippen LogP contribution in [0.25, 0.3) is 10.9 Å². The maximum atomic E-state index is 12.1. The lowest BCUT2D eigenvalue weighted by atomic mass is 10.1. The van der Waals surface area contributed by atoms with Crippen LogP contribution in [-0.2, 0) is 20.7 Å². The van der Waals surface area contributed by atoms with Gasteiger partial charge in [-0.2, -0.15) is 0 Å². The Bertz CT molecular complexity index is 926. The zero-order valence-corrected chi connectivity index (χ0v) is 14.6. The number of aryl methyl sites for hydroxylation is 1. The molecular formula is C21H19NO5. The van der Waals surface area contributed by atoms with Gasteiger partial charge in [0, 0.05) is 11.6 Å². The number of carboxylic acid groups (broad SMARTS) is 1. The number of rotatable bonds is 8. The molecule has 1 N–H and O–H groups in total. The number of hydrogen-bond donors (Lipinski definition) is 1. The highest BCUT2D eigenvalue weighted by atomic mass is 16.6. The molecule has 0 aliphatic rings. The number of benzene rings is 2. The lowest BCUT2D eigenvalue weighted by Crippen LogP contribution is -2.37. The van der Waals surface area contributed by atoms with Crippen molar-refractivity contribution in [3.05, 3.63) is 72.4 Å². The van der Waals surface area contributed by atoms with E-state index >= 15 is 0 Å². The maximum Gasteiger partial charge on any atom is 0.359 e. The van der Waals surface area contributed by atoms with Crippen LogP contribution in [0, 0.1) is 0 Å². The Labute approximate surface area is 156 Å². The molecule has 3 aromatic rings. The van der Waals surface area contributed by atoms with Crippen LogP contribution < -0.4 is 4.74 Å². The molecule has 0 saturated heterocycles. The molecule has 0 spiro atoms. The molecule has 1 heterocycles. The summed E-state index contributed by atoms with van der Waals surface area (Å²) in [5, 5.41) is 10.1. The Morgan fingerprint density at radius 1 is 1.04 bits per heavy atom. The SMILES string of the molecule is O=C(O)C(Oc1ccc2ncccc2c1)C(=O)OCCCc1ccccc1. The van der Waals surface area contributed by atoms with Gasteiger partial charge in [0.25, 0.3) is 6.10 Å². The van der Waals surface area contributed by atoms with Crippen LogP contribution in [0.4, 0.5) is 0 Å². The van der Waals surface area contributed by atoms with E-state index < -0.39 is 18.0 Å². The smallest absolute Gasteiger partial charge is 0.359 e. The second kappa shape index (κ2) is 8.80. The Morgan fingerprint density at radius 2 is 1.85 bits per heavy atom. The Morgan fingerprint density at radius 3 is 2.63 bits per heavy atom. The standard InChI is InChI=1S/C21H19NO5/c23-20(24)19(21(25)26-13-5-8-15-6-2-1-3-7-15)27-17-10-11-18-16(14-17)9-4-12-22-18/h1-4,6-7,9-12,14,19H,5,8,13H2,(H,23,24). The van der Waals surface area contributed by atoms with E-state index in [4.69, 9.17) is 9.47 Å². The van der Waals surface area contributed by atoms with E-state index in [9.17, 15) is 14.7 Å². The first-order valence-electron chi connectivity index (χ1n) is 8.58. The topological polar surface area (TPSA) is 85.7 Å². The number of aliphatic carboxylic acids is 1. The second-order valence-electron chi connectivity index (χ2n) is 5.95. The summed E-state index contributed by atoms with van der Waals surface area (Å²) in [4.78, 5) is 27.7. The van der Waals surface area contributed by atoms with E-state index in [1.54, 1.807) is 30.5 Å². The van der Waals surface area contributed by atoms with Gasteiger partial charge < -0.3 is 14.6 Å². The van der Waals surface area contributed by atoms with Crippen molar-refractivity contribution in [1.82, 2.24) is 4.98 Å². The summed E-state index contributed by atoms with van der Waals surface area (Å²) in [6.45, 7) is 0.127. The van der Waals surface area contributed by atoms with Crippen LogP contribution in [-0.4, -0.2) is 34.7 Å². The summed E-state index contributed by atoms with van der Waals surface area (Å²) in [6.07, 6.45) is 1.29. The molecule has 2 aromatic carbocycles. The molecule has 138 valence electrons. The van der Waals surface area contributed by atoms with E-state index in [1.807, 2.05) is 36.4 Å². The Hall–Kier alpha value is -3.41. The highest BCUT2D eigenvalue weighted by molar-refractivity contribution is 5.97. The summed E-state index contributed by atoms with van der Waals surface area (Å²) < 4.78 is 10.4. The van der Waals surface area contributed by atoms with Gasteiger partial charge in [-0.15, -0.1) is 0 Å². The molecule has 6 heteroatoms. The lowest BCUT2D eigenvalue weighted by Gasteiger charge is -2.14. The van der Waals surface area contributed by atoms with Crippen LogP contribution in [0.3, 0.4) is 0 Å². The van der Waals surface area contributed by atoms with E-state index in [-0.39, 0.29) is 12.4 Å². The third-order valence-corrected chi connectivity index (χ3v) is 3.96.